The van der Waals surface area contributed by atoms with Crippen molar-refractivity contribution in [3.8, 4) is 16.3 Å². The molecule has 4 rings (SSSR count). The van der Waals surface area contributed by atoms with E-state index in [-0.39, 0.29) is 5.91 Å². The summed E-state index contributed by atoms with van der Waals surface area (Å²) in [5.41, 5.74) is 2.72. The van der Waals surface area contributed by atoms with Crippen molar-refractivity contribution in [3.63, 3.8) is 0 Å². The molecular weight excluding hydrogens is 416 g/mol. The van der Waals surface area contributed by atoms with E-state index in [1.807, 2.05) is 78.0 Å². The van der Waals surface area contributed by atoms with Crippen molar-refractivity contribution in [3.05, 3.63) is 70.9 Å². The van der Waals surface area contributed by atoms with E-state index in [9.17, 15) is 4.79 Å². The Bertz CT molecular complexity index is 1110. The summed E-state index contributed by atoms with van der Waals surface area (Å²) in [6.07, 6.45) is 0.386. The molecule has 0 fully saturated rings. The largest absolute Gasteiger partial charge is 0.497 e. The average Bonchev–Trinajstić information content (AvgIpc) is 3.46. The molecule has 2 aromatic carbocycles. The first kappa shape index (κ1) is 20.1. The van der Waals surface area contributed by atoms with E-state index in [0.29, 0.717) is 6.42 Å². The summed E-state index contributed by atoms with van der Waals surface area (Å²) in [6.45, 7) is 0. The van der Waals surface area contributed by atoms with E-state index >= 15 is 0 Å². The monoisotopic (exact) mass is 436 g/mol. The van der Waals surface area contributed by atoms with Crippen LogP contribution in [0.4, 0.5) is 16.5 Å². The third-order valence-electron chi connectivity index (χ3n) is 4.49. The molecule has 0 aliphatic heterocycles. The van der Waals surface area contributed by atoms with Gasteiger partial charge in [0.25, 0.3) is 0 Å². The number of amides is 1. The Morgan fingerprint density at radius 3 is 2.50 bits per heavy atom. The van der Waals surface area contributed by atoms with Crippen molar-refractivity contribution in [1.29, 1.82) is 0 Å². The van der Waals surface area contributed by atoms with Gasteiger partial charge in [-0.05, 0) is 60.0 Å². The predicted octanol–water partition coefficient (Wildman–Crippen LogP) is 5.22. The van der Waals surface area contributed by atoms with E-state index in [1.165, 1.54) is 11.3 Å². The Balaban J connectivity index is 1.42. The second-order valence-electron chi connectivity index (χ2n) is 6.53. The van der Waals surface area contributed by atoms with Gasteiger partial charge in [0.1, 0.15) is 10.8 Å². The molecule has 0 spiro atoms. The van der Waals surface area contributed by atoms with Gasteiger partial charge in [-0.1, -0.05) is 17.4 Å². The fourth-order valence-electron chi connectivity index (χ4n) is 2.86. The molecule has 0 unspecified atom stereocenters. The van der Waals surface area contributed by atoms with Crippen molar-refractivity contribution in [2.45, 2.75) is 6.42 Å². The number of nitrogens with zero attached hydrogens (tertiary/aromatic N) is 3. The first-order chi connectivity index (χ1) is 14.6. The molecule has 0 aliphatic carbocycles. The lowest BCUT2D eigenvalue weighted by molar-refractivity contribution is -0.115. The van der Waals surface area contributed by atoms with Crippen LogP contribution in [0.1, 0.15) is 4.88 Å². The molecule has 0 saturated carbocycles. The topological polar surface area (TPSA) is 67.3 Å². The van der Waals surface area contributed by atoms with Crippen LogP contribution in [0.25, 0.3) is 10.6 Å². The number of carbonyl (C=O) groups excluding carboxylic acids is 1. The van der Waals surface area contributed by atoms with Crippen molar-refractivity contribution in [1.82, 2.24) is 10.2 Å². The second-order valence-corrected chi connectivity index (χ2v) is 8.52. The van der Waals surface area contributed by atoms with Crippen LogP contribution in [-0.2, 0) is 11.2 Å². The lowest BCUT2D eigenvalue weighted by Crippen LogP contribution is -2.13. The van der Waals surface area contributed by atoms with Gasteiger partial charge in [-0.15, -0.1) is 21.5 Å². The summed E-state index contributed by atoms with van der Waals surface area (Å²) in [5.74, 6) is 0.789. The summed E-state index contributed by atoms with van der Waals surface area (Å²) in [4.78, 5) is 15.2. The molecule has 0 bridgehead atoms. The molecule has 152 valence electrons. The van der Waals surface area contributed by atoms with Crippen LogP contribution >= 0.6 is 22.7 Å². The van der Waals surface area contributed by atoms with Gasteiger partial charge in [0.2, 0.25) is 11.0 Å². The van der Waals surface area contributed by atoms with E-state index in [4.69, 9.17) is 4.74 Å². The van der Waals surface area contributed by atoms with Crippen LogP contribution in [-0.4, -0.2) is 30.3 Å². The predicted molar refractivity (Wildman–Crippen MR) is 123 cm³/mol. The first-order valence-electron chi connectivity index (χ1n) is 9.26. The van der Waals surface area contributed by atoms with Crippen LogP contribution in [0.2, 0.25) is 0 Å². The second kappa shape index (κ2) is 9.06. The summed E-state index contributed by atoms with van der Waals surface area (Å²) in [7, 11) is 3.61. The minimum absolute atomic E-state index is 0.0236. The number of thiophene rings is 1. The van der Waals surface area contributed by atoms with Gasteiger partial charge in [0, 0.05) is 28.9 Å². The van der Waals surface area contributed by atoms with Crippen molar-refractivity contribution >= 4 is 45.1 Å². The number of rotatable bonds is 7. The Kier molecular flexibility index (Phi) is 6.06. The van der Waals surface area contributed by atoms with Crippen LogP contribution < -0.4 is 15.0 Å². The molecule has 0 atom stereocenters. The van der Waals surface area contributed by atoms with Crippen LogP contribution in [0.15, 0.2) is 66.0 Å². The first-order valence-corrected chi connectivity index (χ1v) is 11.0. The number of nitrogens with one attached hydrogen (secondary N) is 1. The van der Waals surface area contributed by atoms with Crippen molar-refractivity contribution in [2.24, 2.45) is 0 Å². The maximum Gasteiger partial charge on any atom is 0.229 e. The lowest BCUT2D eigenvalue weighted by atomic mass is 10.2. The third kappa shape index (κ3) is 4.67. The minimum Gasteiger partial charge on any atom is -0.497 e. The zero-order valence-electron chi connectivity index (χ0n) is 16.5. The summed E-state index contributed by atoms with van der Waals surface area (Å²) < 4.78 is 5.21. The van der Waals surface area contributed by atoms with Crippen molar-refractivity contribution < 1.29 is 9.53 Å². The highest BCUT2D eigenvalue weighted by atomic mass is 32.1. The van der Waals surface area contributed by atoms with Gasteiger partial charge in [-0.3, -0.25) is 4.79 Å². The molecule has 2 aromatic heterocycles. The number of carbonyl (C=O) groups is 1. The number of methoxy groups -OCH3 is 1. The van der Waals surface area contributed by atoms with Crippen LogP contribution in [0, 0.1) is 0 Å². The van der Waals surface area contributed by atoms with Crippen molar-refractivity contribution in [2.75, 3.05) is 24.4 Å². The zero-order valence-corrected chi connectivity index (χ0v) is 18.2. The van der Waals surface area contributed by atoms with Crippen LogP contribution in [0.5, 0.6) is 5.75 Å². The number of ether oxygens (including phenoxy) is 1. The van der Waals surface area contributed by atoms with E-state index < -0.39 is 0 Å². The summed E-state index contributed by atoms with van der Waals surface area (Å²) in [5, 5.41) is 15.2. The van der Waals surface area contributed by atoms with E-state index in [0.717, 1.165) is 37.7 Å². The molecule has 0 saturated heterocycles. The minimum atomic E-state index is -0.0236. The standard InChI is InChI=1S/C22H20N4O2S2/c1-26(17-9-11-18(28-2)12-10-17)22-25-24-21(30-22)15-5-7-16(8-6-15)23-20(27)14-19-4-3-13-29-19/h3-13H,14H2,1-2H3,(H,23,27). The quantitative estimate of drug-likeness (QED) is 0.430. The number of anilines is 3. The molecule has 2 heterocycles. The molecule has 1 amide bonds. The molecule has 0 radical (unpaired) electrons. The van der Waals surface area contributed by atoms with Gasteiger partial charge in [-0.25, -0.2) is 0 Å². The fraction of sp³-hybridized carbons (Fsp3) is 0.136. The number of hydrogen-bond donors (Lipinski definition) is 1. The van der Waals surface area contributed by atoms with Gasteiger partial charge >= 0.3 is 0 Å². The molecule has 8 heteroatoms. The van der Waals surface area contributed by atoms with Gasteiger partial charge < -0.3 is 15.0 Å². The smallest absolute Gasteiger partial charge is 0.229 e. The third-order valence-corrected chi connectivity index (χ3v) is 6.42. The lowest BCUT2D eigenvalue weighted by Gasteiger charge is -2.15. The number of hydrogen-bond acceptors (Lipinski definition) is 7. The maximum absolute atomic E-state index is 12.1. The molecular formula is C22H20N4O2S2. The highest BCUT2D eigenvalue weighted by molar-refractivity contribution is 7.18. The molecule has 6 nitrogen and oxygen atoms in total. The zero-order chi connectivity index (χ0) is 20.9. The summed E-state index contributed by atoms with van der Waals surface area (Å²) >= 11 is 3.09. The van der Waals surface area contributed by atoms with Crippen LogP contribution in [0.3, 0.4) is 0 Å². The normalized spacial score (nSPS) is 10.6. The average molecular weight is 437 g/mol. The van der Waals surface area contributed by atoms with Gasteiger partial charge in [-0.2, -0.15) is 0 Å². The van der Waals surface area contributed by atoms with E-state index in [2.05, 4.69) is 15.5 Å². The maximum atomic E-state index is 12.1. The fourth-order valence-corrected chi connectivity index (χ4v) is 4.39. The molecule has 0 aliphatic rings. The summed E-state index contributed by atoms with van der Waals surface area (Å²) in [6, 6.07) is 19.4. The molecule has 1 N–H and O–H groups in total. The molecule has 4 aromatic rings. The molecule has 30 heavy (non-hydrogen) atoms. The number of benzene rings is 2. The van der Waals surface area contributed by atoms with E-state index in [1.54, 1.807) is 18.4 Å². The highest BCUT2D eigenvalue weighted by Gasteiger charge is 2.13. The Morgan fingerprint density at radius 1 is 1.07 bits per heavy atom. The Labute approximate surface area is 182 Å². The SMILES string of the molecule is COc1ccc(N(C)c2nnc(-c3ccc(NC(=O)Cc4cccs4)cc3)s2)cc1. The van der Waals surface area contributed by atoms with Gasteiger partial charge in [0.15, 0.2) is 0 Å². The Morgan fingerprint density at radius 2 is 1.83 bits per heavy atom. The Hall–Kier alpha value is -3.23. The number of aromatic nitrogens is 2. The highest BCUT2D eigenvalue weighted by Crippen LogP contribution is 2.32. The van der Waals surface area contributed by atoms with Gasteiger partial charge in [0.05, 0.1) is 13.5 Å².